The average Bonchev–Trinajstić information content (AvgIpc) is 2.45. The molecular formula is C16H12FNO4. The number of nitro benzene ring substituents is 1. The van der Waals surface area contributed by atoms with Crippen molar-refractivity contribution in [1.29, 1.82) is 0 Å². The third-order valence-electron chi connectivity index (χ3n) is 2.78. The molecule has 0 heterocycles. The molecule has 5 nitrogen and oxygen atoms in total. The monoisotopic (exact) mass is 301 g/mol. The maximum Gasteiger partial charge on any atom is 0.336 e. The van der Waals surface area contributed by atoms with E-state index < -0.39 is 28.1 Å². The molecular weight excluding hydrogens is 289 g/mol. The first-order chi connectivity index (χ1) is 10.5. The van der Waals surface area contributed by atoms with Crippen LogP contribution in [0.1, 0.15) is 11.1 Å². The van der Waals surface area contributed by atoms with Crippen molar-refractivity contribution in [3.8, 4) is 5.75 Å². The number of hydrogen-bond donors (Lipinski definition) is 0. The van der Waals surface area contributed by atoms with Crippen molar-refractivity contribution in [2.45, 2.75) is 6.92 Å². The number of halogens is 1. The Bertz CT molecular complexity index is 756. The summed E-state index contributed by atoms with van der Waals surface area (Å²) in [6.07, 6.45) is 2.64. The largest absolute Gasteiger partial charge is 0.416 e. The number of nitrogens with zero attached hydrogens (tertiary/aromatic N) is 1. The molecule has 0 spiro atoms. The van der Waals surface area contributed by atoms with Crippen molar-refractivity contribution in [2.75, 3.05) is 0 Å². The van der Waals surface area contributed by atoms with Crippen LogP contribution in [0.25, 0.3) is 6.08 Å². The molecule has 0 unspecified atom stereocenters. The second-order valence-electron chi connectivity index (χ2n) is 4.54. The summed E-state index contributed by atoms with van der Waals surface area (Å²) in [5, 5.41) is 10.8. The van der Waals surface area contributed by atoms with E-state index in [-0.39, 0.29) is 0 Å². The van der Waals surface area contributed by atoms with Gasteiger partial charge in [0, 0.05) is 18.2 Å². The molecule has 0 amide bonds. The van der Waals surface area contributed by atoms with Crippen LogP contribution in [0.4, 0.5) is 10.1 Å². The summed E-state index contributed by atoms with van der Waals surface area (Å²) in [6.45, 7) is 1.91. The maximum atomic E-state index is 13.1. The summed E-state index contributed by atoms with van der Waals surface area (Å²) in [6, 6.07) is 10.1. The van der Waals surface area contributed by atoms with E-state index in [0.717, 1.165) is 35.4 Å². The van der Waals surface area contributed by atoms with E-state index in [1.165, 1.54) is 6.08 Å². The molecule has 22 heavy (non-hydrogen) atoms. The van der Waals surface area contributed by atoms with E-state index in [9.17, 15) is 19.3 Å². The van der Waals surface area contributed by atoms with Crippen molar-refractivity contribution in [2.24, 2.45) is 0 Å². The molecule has 112 valence electrons. The van der Waals surface area contributed by atoms with Crippen LogP contribution in [0, 0.1) is 22.9 Å². The Balaban J connectivity index is 2.15. The lowest BCUT2D eigenvalue weighted by atomic mass is 10.1. The number of benzene rings is 2. The van der Waals surface area contributed by atoms with Crippen LogP contribution in [-0.4, -0.2) is 10.9 Å². The number of rotatable bonds is 4. The second kappa shape index (κ2) is 6.62. The second-order valence-corrected chi connectivity index (χ2v) is 4.54. The van der Waals surface area contributed by atoms with E-state index >= 15 is 0 Å². The molecule has 0 N–H and O–H groups in total. The zero-order chi connectivity index (χ0) is 16.1. The van der Waals surface area contributed by atoms with Gasteiger partial charge in [0.1, 0.15) is 5.82 Å². The molecule has 0 aliphatic heterocycles. The van der Waals surface area contributed by atoms with Crippen LogP contribution < -0.4 is 4.74 Å². The van der Waals surface area contributed by atoms with E-state index in [1.54, 1.807) is 6.07 Å². The molecule has 0 radical (unpaired) electrons. The van der Waals surface area contributed by atoms with Crippen molar-refractivity contribution in [1.82, 2.24) is 0 Å². The van der Waals surface area contributed by atoms with E-state index in [1.807, 2.05) is 25.1 Å². The van der Waals surface area contributed by atoms with Gasteiger partial charge in [0.05, 0.1) is 4.92 Å². The minimum Gasteiger partial charge on any atom is -0.416 e. The normalized spacial score (nSPS) is 10.6. The average molecular weight is 301 g/mol. The van der Waals surface area contributed by atoms with Crippen LogP contribution in [-0.2, 0) is 4.79 Å². The third-order valence-corrected chi connectivity index (χ3v) is 2.78. The number of hydrogen-bond acceptors (Lipinski definition) is 4. The lowest BCUT2D eigenvalue weighted by molar-refractivity contribution is -0.385. The van der Waals surface area contributed by atoms with Gasteiger partial charge < -0.3 is 4.74 Å². The van der Waals surface area contributed by atoms with Crippen molar-refractivity contribution in [3.05, 3.63) is 75.6 Å². The van der Waals surface area contributed by atoms with Gasteiger partial charge in [0.25, 0.3) is 0 Å². The quantitative estimate of drug-likeness (QED) is 0.284. The van der Waals surface area contributed by atoms with E-state index in [4.69, 9.17) is 4.74 Å². The number of esters is 1. The van der Waals surface area contributed by atoms with Crippen molar-refractivity contribution in [3.63, 3.8) is 0 Å². The summed E-state index contributed by atoms with van der Waals surface area (Å²) in [4.78, 5) is 21.8. The summed E-state index contributed by atoms with van der Waals surface area (Å²) in [5.41, 5.74) is 1.33. The molecule has 2 rings (SSSR count). The fourth-order valence-corrected chi connectivity index (χ4v) is 1.80. The highest BCUT2D eigenvalue weighted by Crippen LogP contribution is 2.27. The highest BCUT2D eigenvalue weighted by atomic mass is 19.1. The van der Waals surface area contributed by atoms with Gasteiger partial charge in [-0.05, 0) is 24.6 Å². The number of nitro groups is 1. The molecule has 0 aliphatic rings. The third kappa shape index (κ3) is 3.99. The molecule has 0 bridgehead atoms. The highest BCUT2D eigenvalue weighted by Gasteiger charge is 2.17. The van der Waals surface area contributed by atoms with Gasteiger partial charge in [-0.2, -0.15) is 0 Å². The van der Waals surface area contributed by atoms with E-state index in [0.29, 0.717) is 0 Å². The summed E-state index contributed by atoms with van der Waals surface area (Å²) >= 11 is 0. The van der Waals surface area contributed by atoms with Crippen molar-refractivity contribution >= 4 is 17.7 Å². The lowest BCUT2D eigenvalue weighted by Gasteiger charge is -2.02. The predicted molar refractivity (Wildman–Crippen MR) is 78.9 cm³/mol. The SMILES string of the molecule is Cc1cccc(C=CC(=O)Oc2cc(F)ccc2[N+](=O)[O-])c1. The van der Waals surface area contributed by atoms with Crippen LogP contribution in [0.5, 0.6) is 5.75 Å². The zero-order valence-electron chi connectivity index (χ0n) is 11.7. The van der Waals surface area contributed by atoms with Gasteiger partial charge in [-0.15, -0.1) is 0 Å². The van der Waals surface area contributed by atoms with Crippen LogP contribution >= 0.6 is 0 Å². The molecule has 0 saturated carbocycles. The molecule has 0 saturated heterocycles. The van der Waals surface area contributed by atoms with Gasteiger partial charge in [0.2, 0.25) is 5.75 Å². The fraction of sp³-hybridized carbons (Fsp3) is 0.0625. The van der Waals surface area contributed by atoms with Gasteiger partial charge >= 0.3 is 11.7 Å². The van der Waals surface area contributed by atoms with Crippen LogP contribution in [0.2, 0.25) is 0 Å². The first kappa shape index (κ1) is 15.4. The molecule has 2 aromatic rings. The Morgan fingerprint density at radius 3 is 2.73 bits per heavy atom. The molecule has 6 heteroatoms. The summed E-state index contributed by atoms with van der Waals surface area (Å²) < 4.78 is 18.0. The zero-order valence-corrected chi connectivity index (χ0v) is 11.7. The Morgan fingerprint density at radius 1 is 1.27 bits per heavy atom. The van der Waals surface area contributed by atoms with Gasteiger partial charge in [0.15, 0.2) is 0 Å². The summed E-state index contributed by atoms with van der Waals surface area (Å²) in [5.74, 6) is -1.98. The molecule has 0 fully saturated rings. The standard InChI is InChI=1S/C16H12FNO4/c1-11-3-2-4-12(9-11)5-8-16(19)22-15-10-13(17)6-7-14(15)18(20)21/h2-10H,1H3. The predicted octanol–water partition coefficient (Wildman–Crippen LogP) is 3.66. The minimum atomic E-state index is -0.824. The number of ether oxygens (including phenoxy) is 1. The Morgan fingerprint density at radius 2 is 2.05 bits per heavy atom. The molecule has 0 atom stereocenters. The molecule has 0 aliphatic carbocycles. The Labute approximate surface area is 125 Å². The van der Waals surface area contributed by atoms with Gasteiger partial charge in [-0.1, -0.05) is 29.8 Å². The fourth-order valence-electron chi connectivity index (χ4n) is 1.80. The Hall–Kier alpha value is -3.02. The van der Waals surface area contributed by atoms with Gasteiger partial charge in [-0.25, -0.2) is 9.18 Å². The number of aryl methyl sites for hydroxylation is 1. The smallest absolute Gasteiger partial charge is 0.336 e. The maximum absolute atomic E-state index is 13.1. The van der Waals surface area contributed by atoms with E-state index in [2.05, 4.69) is 0 Å². The topological polar surface area (TPSA) is 69.4 Å². The first-order valence-corrected chi connectivity index (χ1v) is 6.36. The Kier molecular flexibility index (Phi) is 4.63. The van der Waals surface area contributed by atoms with Crippen molar-refractivity contribution < 1.29 is 18.8 Å². The first-order valence-electron chi connectivity index (χ1n) is 6.36. The molecule has 2 aromatic carbocycles. The summed E-state index contributed by atoms with van der Waals surface area (Å²) in [7, 11) is 0. The lowest BCUT2D eigenvalue weighted by Crippen LogP contribution is -2.06. The highest BCUT2D eigenvalue weighted by molar-refractivity contribution is 5.89. The van der Waals surface area contributed by atoms with Crippen LogP contribution in [0.3, 0.4) is 0 Å². The number of carbonyl (C=O) groups excluding carboxylic acids is 1. The van der Waals surface area contributed by atoms with Crippen LogP contribution in [0.15, 0.2) is 48.5 Å². The minimum absolute atomic E-state index is 0.427. The molecule has 0 aromatic heterocycles. The van der Waals surface area contributed by atoms with Gasteiger partial charge in [-0.3, -0.25) is 10.1 Å². The number of carbonyl (C=O) groups is 1.